The molecule has 0 aliphatic rings. The summed E-state index contributed by atoms with van der Waals surface area (Å²) in [6.45, 7) is 0.0751. The van der Waals surface area contributed by atoms with E-state index in [1.165, 1.54) is 0 Å². The molecule has 0 spiro atoms. The van der Waals surface area contributed by atoms with Gasteiger partial charge >= 0.3 is 6.18 Å². The van der Waals surface area contributed by atoms with E-state index in [0.29, 0.717) is 0 Å². The first-order valence-corrected chi connectivity index (χ1v) is 6.75. The summed E-state index contributed by atoms with van der Waals surface area (Å²) in [5.41, 5.74) is 0. The minimum Gasteiger partial charge on any atom is -0.381 e. The third-order valence-electron chi connectivity index (χ3n) is 1.43. The molecule has 0 atom stereocenters. The number of rotatable bonds is 7. The van der Waals surface area contributed by atoms with Crippen molar-refractivity contribution in [3.8, 4) is 0 Å². The molecule has 8 heteroatoms. The summed E-state index contributed by atoms with van der Waals surface area (Å²) >= 11 is 0. The van der Waals surface area contributed by atoms with Crippen molar-refractivity contribution in [1.82, 2.24) is 0 Å². The van der Waals surface area contributed by atoms with Gasteiger partial charge in [0.15, 0.2) is 0 Å². The van der Waals surface area contributed by atoms with Gasteiger partial charge in [0.1, 0.15) is 0 Å². The maximum absolute atomic E-state index is 11.6. The van der Waals surface area contributed by atoms with Gasteiger partial charge in [0.05, 0.1) is 5.75 Å². The normalized spacial score (nSPS) is 13.1. The second kappa shape index (κ2) is 6.55. The maximum Gasteiger partial charge on any atom is 0.389 e. The lowest BCUT2D eigenvalue weighted by atomic mass is 10.3. The molecular weight excluding hydrogens is 257 g/mol. The molecule has 0 aliphatic heterocycles. The van der Waals surface area contributed by atoms with Crippen molar-refractivity contribution in [1.29, 1.82) is 0 Å². The largest absolute Gasteiger partial charge is 0.389 e. The van der Waals surface area contributed by atoms with Crippen molar-refractivity contribution >= 4 is 19.7 Å². The zero-order valence-electron chi connectivity index (χ0n) is 7.89. The van der Waals surface area contributed by atoms with Crippen molar-refractivity contribution in [2.45, 2.75) is 25.4 Å². The van der Waals surface area contributed by atoms with Crippen LogP contribution in [0.4, 0.5) is 13.2 Å². The smallest absolute Gasteiger partial charge is 0.381 e. The second-order valence-corrected chi connectivity index (χ2v) is 5.82. The van der Waals surface area contributed by atoms with Crippen LogP contribution >= 0.6 is 10.7 Å². The van der Waals surface area contributed by atoms with E-state index in [4.69, 9.17) is 15.4 Å². The summed E-state index contributed by atoms with van der Waals surface area (Å²) in [7, 11) is 1.37. The fourth-order valence-corrected chi connectivity index (χ4v) is 1.60. The Morgan fingerprint density at radius 2 is 1.67 bits per heavy atom. The molecule has 0 aromatic heterocycles. The van der Waals surface area contributed by atoms with Crippen LogP contribution in [-0.4, -0.2) is 33.6 Å². The predicted molar refractivity (Wildman–Crippen MR) is 50.4 cm³/mol. The SMILES string of the molecule is O=S(=O)(Cl)CCCOCCCC(F)(F)F. The quantitative estimate of drug-likeness (QED) is 0.526. The molecular formula is C7H12ClF3O3S. The van der Waals surface area contributed by atoms with Gasteiger partial charge < -0.3 is 4.74 Å². The Labute approximate surface area is 91.0 Å². The lowest BCUT2D eigenvalue weighted by Crippen LogP contribution is -2.09. The summed E-state index contributed by atoms with van der Waals surface area (Å²) in [6, 6.07) is 0. The van der Waals surface area contributed by atoms with Crippen molar-refractivity contribution in [2.75, 3.05) is 19.0 Å². The average molecular weight is 269 g/mol. The number of alkyl halides is 3. The van der Waals surface area contributed by atoms with Crippen LogP contribution in [0.1, 0.15) is 19.3 Å². The van der Waals surface area contributed by atoms with Crippen molar-refractivity contribution < 1.29 is 26.3 Å². The molecule has 0 aliphatic carbocycles. The minimum absolute atomic E-state index is 0.0259. The molecule has 0 fully saturated rings. The first-order chi connectivity index (χ1) is 6.71. The number of hydrogen-bond acceptors (Lipinski definition) is 3. The zero-order chi connectivity index (χ0) is 11.9. The highest BCUT2D eigenvalue weighted by molar-refractivity contribution is 8.13. The minimum atomic E-state index is -4.16. The molecule has 0 aromatic rings. The highest BCUT2D eigenvalue weighted by Crippen LogP contribution is 2.20. The Morgan fingerprint density at radius 1 is 1.13 bits per heavy atom. The van der Waals surface area contributed by atoms with E-state index in [1.807, 2.05) is 0 Å². The van der Waals surface area contributed by atoms with E-state index in [1.54, 1.807) is 0 Å². The average Bonchev–Trinajstić information content (AvgIpc) is 1.98. The summed E-state index contributed by atoms with van der Waals surface area (Å²) in [5, 5.41) is 0. The van der Waals surface area contributed by atoms with Crippen LogP contribution in [0.3, 0.4) is 0 Å². The van der Waals surface area contributed by atoms with E-state index in [9.17, 15) is 21.6 Å². The Bertz CT molecular complexity index is 263. The molecule has 0 amide bonds. The fraction of sp³-hybridized carbons (Fsp3) is 1.00. The van der Waals surface area contributed by atoms with Crippen LogP contribution in [0.5, 0.6) is 0 Å². The number of hydrogen-bond donors (Lipinski definition) is 0. The molecule has 0 radical (unpaired) electrons. The molecule has 0 saturated heterocycles. The number of ether oxygens (including phenoxy) is 1. The third kappa shape index (κ3) is 14.0. The highest BCUT2D eigenvalue weighted by atomic mass is 35.7. The lowest BCUT2D eigenvalue weighted by Gasteiger charge is -2.06. The van der Waals surface area contributed by atoms with Gasteiger partial charge in [0.2, 0.25) is 9.05 Å². The van der Waals surface area contributed by atoms with Crippen molar-refractivity contribution in [3.05, 3.63) is 0 Å². The molecule has 0 rings (SSSR count). The molecule has 0 unspecified atom stereocenters. The molecule has 0 aromatic carbocycles. The third-order valence-corrected chi connectivity index (χ3v) is 2.66. The highest BCUT2D eigenvalue weighted by Gasteiger charge is 2.25. The van der Waals surface area contributed by atoms with Crippen molar-refractivity contribution in [3.63, 3.8) is 0 Å². The summed E-state index contributed by atoms with van der Waals surface area (Å²) < 4.78 is 60.5. The van der Waals surface area contributed by atoms with Gasteiger partial charge in [-0.05, 0) is 12.8 Å². The van der Waals surface area contributed by atoms with Gasteiger partial charge in [-0.3, -0.25) is 0 Å². The van der Waals surface area contributed by atoms with Crippen LogP contribution in [0.2, 0.25) is 0 Å². The molecule has 0 bridgehead atoms. The molecule has 92 valence electrons. The monoisotopic (exact) mass is 268 g/mol. The topological polar surface area (TPSA) is 43.4 Å². The summed E-state index contributed by atoms with van der Waals surface area (Å²) in [6.07, 6.45) is -4.97. The lowest BCUT2D eigenvalue weighted by molar-refractivity contribution is -0.137. The molecule has 0 N–H and O–H groups in total. The van der Waals surface area contributed by atoms with E-state index >= 15 is 0 Å². The van der Waals surface area contributed by atoms with E-state index < -0.39 is 21.6 Å². The van der Waals surface area contributed by atoms with Gasteiger partial charge in [0.25, 0.3) is 0 Å². The van der Waals surface area contributed by atoms with E-state index in [-0.39, 0.29) is 31.8 Å². The molecule has 15 heavy (non-hydrogen) atoms. The number of halogens is 4. The van der Waals surface area contributed by atoms with E-state index in [0.717, 1.165) is 0 Å². The first kappa shape index (κ1) is 15.0. The van der Waals surface area contributed by atoms with Gasteiger partial charge in [-0.15, -0.1) is 0 Å². The van der Waals surface area contributed by atoms with E-state index in [2.05, 4.69) is 0 Å². The molecule has 0 heterocycles. The zero-order valence-corrected chi connectivity index (χ0v) is 9.46. The first-order valence-electron chi connectivity index (χ1n) is 4.27. The molecule has 0 saturated carbocycles. The standard InChI is InChI=1S/C7H12ClF3O3S/c8-15(12,13)6-2-5-14-4-1-3-7(9,10)11/h1-6H2. The van der Waals surface area contributed by atoms with Gasteiger partial charge in [-0.1, -0.05) is 0 Å². The summed E-state index contributed by atoms with van der Waals surface area (Å²) in [4.78, 5) is 0. The second-order valence-electron chi connectivity index (χ2n) is 2.93. The fourth-order valence-electron chi connectivity index (χ4n) is 0.810. The Balaban J connectivity index is 3.27. The molecule has 3 nitrogen and oxygen atoms in total. The van der Waals surface area contributed by atoms with Crippen LogP contribution in [0, 0.1) is 0 Å². The Morgan fingerprint density at radius 3 is 2.13 bits per heavy atom. The van der Waals surface area contributed by atoms with Gasteiger partial charge in [0, 0.05) is 30.3 Å². The van der Waals surface area contributed by atoms with Crippen LogP contribution in [0.25, 0.3) is 0 Å². The van der Waals surface area contributed by atoms with Crippen LogP contribution < -0.4 is 0 Å². The van der Waals surface area contributed by atoms with Crippen LogP contribution in [0.15, 0.2) is 0 Å². The van der Waals surface area contributed by atoms with Gasteiger partial charge in [-0.25, -0.2) is 8.42 Å². The maximum atomic E-state index is 11.6. The van der Waals surface area contributed by atoms with Crippen molar-refractivity contribution in [2.24, 2.45) is 0 Å². The van der Waals surface area contributed by atoms with Gasteiger partial charge in [-0.2, -0.15) is 13.2 Å². The summed E-state index contributed by atoms with van der Waals surface area (Å²) in [5.74, 6) is -0.228. The predicted octanol–water partition coefficient (Wildman–Crippen LogP) is 2.30. The Hall–Kier alpha value is -0.0100. The Kier molecular flexibility index (Phi) is 6.54. The van der Waals surface area contributed by atoms with Crippen LogP contribution in [-0.2, 0) is 13.8 Å².